The number of rotatable bonds is 5. The summed E-state index contributed by atoms with van der Waals surface area (Å²) in [5, 5.41) is 17.4. The van der Waals surface area contributed by atoms with E-state index in [9.17, 15) is 10.1 Å². The maximum atomic E-state index is 10.9. The van der Waals surface area contributed by atoms with Crippen LogP contribution in [0, 0.1) is 17.0 Å². The summed E-state index contributed by atoms with van der Waals surface area (Å²) in [6, 6.07) is 4.68. The minimum Gasteiger partial charge on any atom is -0.307 e. The number of aromatic nitrogens is 1. The first-order chi connectivity index (χ1) is 9.08. The third-order valence-electron chi connectivity index (χ3n) is 2.57. The van der Waals surface area contributed by atoms with Crippen LogP contribution in [0.25, 0.3) is 0 Å². The van der Waals surface area contributed by atoms with Gasteiger partial charge in [0.15, 0.2) is 0 Å². The summed E-state index contributed by atoms with van der Waals surface area (Å²) in [6.45, 7) is 2.84. The molecule has 0 bridgehead atoms. The number of hydrogen-bond acceptors (Lipinski definition) is 5. The Hall–Kier alpha value is -1.50. The van der Waals surface area contributed by atoms with E-state index >= 15 is 0 Å². The number of thiazole rings is 1. The Bertz CT molecular complexity index is 600. The van der Waals surface area contributed by atoms with E-state index < -0.39 is 4.92 Å². The van der Waals surface area contributed by atoms with Gasteiger partial charge in [0.25, 0.3) is 5.69 Å². The molecule has 0 unspecified atom stereocenters. The molecular weight excluding hydrogens is 286 g/mol. The highest BCUT2D eigenvalue weighted by atomic mass is 35.5. The molecule has 0 aliphatic heterocycles. The Morgan fingerprint density at radius 2 is 2.26 bits per heavy atom. The summed E-state index contributed by atoms with van der Waals surface area (Å²) in [7, 11) is 0. The summed E-state index contributed by atoms with van der Waals surface area (Å²) < 4.78 is 0. The Balaban J connectivity index is 2.05. The van der Waals surface area contributed by atoms with Gasteiger partial charge in [-0.05, 0) is 13.0 Å². The lowest BCUT2D eigenvalue weighted by Crippen LogP contribution is -2.14. The van der Waals surface area contributed by atoms with Crippen molar-refractivity contribution in [3.63, 3.8) is 0 Å². The first-order valence-electron chi connectivity index (χ1n) is 5.61. The monoisotopic (exact) mass is 297 g/mol. The number of nitrogens with zero attached hydrogens (tertiary/aromatic N) is 2. The number of nitro groups is 1. The van der Waals surface area contributed by atoms with Crippen LogP contribution in [-0.2, 0) is 13.1 Å². The lowest BCUT2D eigenvalue weighted by Gasteiger charge is -2.06. The molecule has 0 aliphatic rings. The van der Waals surface area contributed by atoms with Gasteiger partial charge in [-0.15, -0.1) is 11.3 Å². The number of hydrogen-bond donors (Lipinski definition) is 1. The van der Waals surface area contributed by atoms with Crippen LogP contribution in [0.4, 0.5) is 5.69 Å². The van der Waals surface area contributed by atoms with Crippen LogP contribution < -0.4 is 5.32 Å². The van der Waals surface area contributed by atoms with E-state index in [0.29, 0.717) is 23.7 Å². The van der Waals surface area contributed by atoms with E-state index in [2.05, 4.69) is 10.3 Å². The van der Waals surface area contributed by atoms with Crippen molar-refractivity contribution in [2.24, 2.45) is 0 Å². The van der Waals surface area contributed by atoms with Crippen molar-refractivity contribution in [3.8, 4) is 0 Å². The first kappa shape index (κ1) is 13.9. The zero-order chi connectivity index (χ0) is 13.8. The Morgan fingerprint density at radius 3 is 2.89 bits per heavy atom. The second-order valence-corrected chi connectivity index (χ2v) is 5.43. The Kier molecular flexibility index (Phi) is 4.47. The highest BCUT2D eigenvalue weighted by molar-refractivity contribution is 7.09. The molecule has 2 rings (SSSR count). The van der Waals surface area contributed by atoms with Crippen LogP contribution in [0.1, 0.15) is 16.3 Å². The van der Waals surface area contributed by atoms with Crippen molar-refractivity contribution in [2.75, 3.05) is 0 Å². The van der Waals surface area contributed by atoms with Gasteiger partial charge in [-0.1, -0.05) is 17.7 Å². The fourth-order valence-corrected chi connectivity index (χ4v) is 2.55. The maximum absolute atomic E-state index is 10.9. The summed E-state index contributed by atoms with van der Waals surface area (Å²) in [5.41, 5.74) is 1.47. The number of halogens is 1. The maximum Gasteiger partial charge on any atom is 0.275 e. The molecule has 1 aromatic carbocycles. The fraction of sp³-hybridized carbons (Fsp3) is 0.250. The molecule has 5 nitrogen and oxygen atoms in total. The summed E-state index contributed by atoms with van der Waals surface area (Å²) in [6.07, 6.45) is 0. The van der Waals surface area contributed by atoms with Crippen LogP contribution in [-0.4, -0.2) is 9.91 Å². The number of nitrogens with one attached hydrogen (secondary N) is 1. The van der Waals surface area contributed by atoms with Crippen molar-refractivity contribution in [1.29, 1.82) is 0 Å². The molecule has 0 spiro atoms. The topological polar surface area (TPSA) is 68.1 Å². The summed E-state index contributed by atoms with van der Waals surface area (Å²) >= 11 is 7.58. The van der Waals surface area contributed by atoms with E-state index in [4.69, 9.17) is 11.6 Å². The Morgan fingerprint density at radius 1 is 1.47 bits per heavy atom. The number of nitro benzene ring substituents is 1. The summed E-state index contributed by atoms with van der Waals surface area (Å²) in [4.78, 5) is 14.8. The minimum atomic E-state index is -0.421. The molecule has 0 amide bonds. The molecule has 1 heterocycles. The average Bonchev–Trinajstić information content (AvgIpc) is 2.77. The van der Waals surface area contributed by atoms with Crippen molar-refractivity contribution in [3.05, 3.63) is 55.0 Å². The van der Waals surface area contributed by atoms with Crippen LogP contribution in [0.5, 0.6) is 0 Å². The van der Waals surface area contributed by atoms with E-state index in [-0.39, 0.29) is 5.69 Å². The molecule has 100 valence electrons. The standard InChI is InChI=1S/C12H12ClN3O2S/c1-8-15-9(7-19-8)5-14-6-10-11(13)3-2-4-12(10)16(17)18/h2-4,7,14H,5-6H2,1H3. The highest BCUT2D eigenvalue weighted by Crippen LogP contribution is 2.25. The SMILES string of the molecule is Cc1nc(CNCc2c(Cl)cccc2[N+](=O)[O-])cs1. The van der Waals surface area contributed by atoms with Crippen LogP contribution in [0.15, 0.2) is 23.6 Å². The average molecular weight is 298 g/mol. The van der Waals surface area contributed by atoms with Crippen molar-refractivity contribution < 1.29 is 4.92 Å². The molecule has 0 aliphatic carbocycles. The second-order valence-electron chi connectivity index (χ2n) is 3.96. The number of aryl methyl sites for hydroxylation is 1. The van der Waals surface area contributed by atoms with Gasteiger partial charge < -0.3 is 5.32 Å². The summed E-state index contributed by atoms with van der Waals surface area (Å²) in [5.74, 6) is 0. The van der Waals surface area contributed by atoms with Crippen LogP contribution in [0.2, 0.25) is 5.02 Å². The molecule has 0 atom stereocenters. The highest BCUT2D eigenvalue weighted by Gasteiger charge is 2.15. The third kappa shape index (κ3) is 3.50. The van der Waals surface area contributed by atoms with E-state index in [1.54, 1.807) is 23.5 Å². The Labute approximate surface area is 119 Å². The first-order valence-corrected chi connectivity index (χ1v) is 6.87. The van der Waals surface area contributed by atoms with Crippen molar-refractivity contribution in [2.45, 2.75) is 20.0 Å². The molecule has 1 aromatic heterocycles. The largest absolute Gasteiger partial charge is 0.307 e. The van der Waals surface area contributed by atoms with Gasteiger partial charge >= 0.3 is 0 Å². The predicted molar refractivity (Wildman–Crippen MR) is 75.5 cm³/mol. The van der Waals surface area contributed by atoms with Crippen molar-refractivity contribution >= 4 is 28.6 Å². The lowest BCUT2D eigenvalue weighted by molar-refractivity contribution is -0.385. The van der Waals surface area contributed by atoms with Gasteiger partial charge in [0.05, 0.1) is 26.2 Å². The van der Waals surface area contributed by atoms with E-state index in [1.165, 1.54) is 6.07 Å². The molecular formula is C12H12ClN3O2S. The molecule has 7 heteroatoms. The van der Waals surface area contributed by atoms with Crippen molar-refractivity contribution in [1.82, 2.24) is 10.3 Å². The van der Waals surface area contributed by atoms with Crippen LogP contribution in [0.3, 0.4) is 0 Å². The van der Waals surface area contributed by atoms with E-state index in [0.717, 1.165) is 10.7 Å². The smallest absolute Gasteiger partial charge is 0.275 e. The van der Waals surface area contributed by atoms with Gasteiger partial charge in [-0.3, -0.25) is 10.1 Å². The molecule has 0 saturated carbocycles. The van der Waals surface area contributed by atoms with Gasteiger partial charge in [0, 0.05) is 24.5 Å². The van der Waals surface area contributed by atoms with Gasteiger partial charge in [-0.25, -0.2) is 4.98 Å². The zero-order valence-electron chi connectivity index (χ0n) is 10.2. The zero-order valence-corrected chi connectivity index (χ0v) is 11.8. The van der Waals surface area contributed by atoms with E-state index in [1.807, 2.05) is 12.3 Å². The van der Waals surface area contributed by atoms with Gasteiger partial charge in [0.1, 0.15) is 0 Å². The molecule has 19 heavy (non-hydrogen) atoms. The fourth-order valence-electron chi connectivity index (χ4n) is 1.70. The number of benzene rings is 1. The van der Waals surface area contributed by atoms with Gasteiger partial charge in [-0.2, -0.15) is 0 Å². The third-order valence-corrected chi connectivity index (χ3v) is 3.74. The second kappa shape index (κ2) is 6.10. The molecule has 0 radical (unpaired) electrons. The van der Waals surface area contributed by atoms with Crippen LogP contribution >= 0.6 is 22.9 Å². The molecule has 0 saturated heterocycles. The minimum absolute atomic E-state index is 0.0365. The lowest BCUT2D eigenvalue weighted by atomic mass is 10.2. The van der Waals surface area contributed by atoms with Gasteiger partial charge in [0.2, 0.25) is 0 Å². The molecule has 2 aromatic rings. The normalized spacial score (nSPS) is 10.6. The predicted octanol–water partition coefficient (Wildman–Crippen LogP) is 3.30. The molecule has 0 fully saturated rings. The quantitative estimate of drug-likeness (QED) is 0.679. The molecule has 1 N–H and O–H groups in total.